The number of nitrogens with zero attached hydrogens (tertiary/aromatic N) is 1. The van der Waals surface area contributed by atoms with Gasteiger partial charge in [-0.2, -0.15) is 0 Å². The fraction of sp³-hybridized carbons (Fsp3) is 0.364. The minimum atomic E-state index is -1.11. The van der Waals surface area contributed by atoms with Crippen LogP contribution in [-0.2, 0) is 4.74 Å². The summed E-state index contributed by atoms with van der Waals surface area (Å²) >= 11 is 0. The van der Waals surface area contributed by atoms with Crippen LogP contribution in [0.25, 0.3) is 22.4 Å². The van der Waals surface area contributed by atoms with Crippen molar-refractivity contribution < 1.29 is 24.9 Å². The second-order valence-corrected chi connectivity index (χ2v) is 7.64. The second kappa shape index (κ2) is 8.16. The molecule has 0 bridgehead atoms. The van der Waals surface area contributed by atoms with Crippen molar-refractivity contribution in [2.45, 2.75) is 31.3 Å². The molecular weight excluding hydrogens is 386 g/mol. The molecule has 5 atom stereocenters. The number of aromatic amines is 1. The molecule has 8 nitrogen and oxygen atoms in total. The van der Waals surface area contributed by atoms with Gasteiger partial charge in [-0.05, 0) is 29.8 Å². The fourth-order valence-corrected chi connectivity index (χ4v) is 3.88. The van der Waals surface area contributed by atoms with Crippen LogP contribution in [-0.4, -0.2) is 63.2 Å². The SMILES string of the molecule is CNC(=O)c1ccc2nc(-c3cccc(C4OC(CO)C(C)C(O)C4O)c3)[nH]c2c1. The highest BCUT2D eigenvalue weighted by Crippen LogP contribution is 2.36. The van der Waals surface area contributed by atoms with Crippen LogP contribution in [0.15, 0.2) is 42.5 Å². The first-order valence-electron chi connectivity index (χ1n) is 9.87. The van der Waals surface area contributed by atoms with Gasteiger partial charge in [0, 0.05) is 24.1 Å². The van der Waals surface area contributed by atoms with Gasteiger partial charge in [0.1, 0.15) is 18.0 Å². The Labute approximate surface area is 173 Å². The molecule has 30 heavy (non-hydrogen) atoms. The highest BCUT2D eigenvalue weighted by molar-refractivity contribution is 5.97. The Morgan fingerprint density at radius 2 is 2.00 bits per heavy atom. The average molecular weight is 411 g/mol. The number of imidazole rings is 1. The van der Waals surface area contributed by atoms with Crippen LogP contribution in [0.4, 0.5) is 0 Å². The normalized spacial score (nSPS) is 26.6. The first kappa shape index (κ1) is 20.5. The summed E-state index contributed by atoms with van der Waals surface area (Å²) in [7, 11) is 1.58. The van der Waals surface area contributed by atoms with E-state index in [9.17, 15) is 20.1 Å². The Kier molecular flexibility index (Phi) is 5.57. The zero-order valence-corrected chi connectivity index (χ0v) is 16.7. The first-order chi connectivity index (χ1) is 14.4. The van der Waals surface area contributed by atoms with E-state index in [2.05, 4.69) is 15.3 Å². The zero-order chi connectivity index (χ0) is 21.4. The highest BCUT2D eigenvalue weighted by atomic mass is 16.5. The molecule has 5 N–H and O–H groups in total. The molecule has 5 unspecified atom stereocenters. The molecule has 158 valence electrons. The summed E-state index contributed by atoms with van der Waals surface area (Å²) in [5.74, 6) is 0.0536. The lowest BCUT2D eigenvalue weighted by atomic mass is 9.85. The molecule has 4 rings (SSSR count). The molecule has 1 aliphatic rings. The molecule has 0 saturated carbocycles. The number of ether oxygens (including phenoxy) is 1. The van der Waals surface area contributed by atoms with Gasteiger partial charge in [-0.25, -0.2) is 4.98 Å². The summed E-state index contributed by atoms with van der Waals surface area (Å²) in [5, 5.41) is 33.1. The lowest BCUT2D eigenvalue weighted by Crippen LogP contribution is -2.50. The number of nitrogens with one attached hydrogen (secondary N) is 2. The largest absolute Gasteiger partial charge is 0.394 e. The number of carbonyl (C=O) groups is 1. The van der Waals surface area contributed by atoms with Crippen molar-refractivity contribution in [2.75, 3.05) is 13.7 Å². The van der Waals surface area contributed by atoms with Gasteiger partial charge in [-0.15, -0.1) is 0 Å². The quantitative estimate of drug-likeness (QED) is 0.441. The van der Waals surface area contributed by atoms with Gasteiger partial charge in [0.25, 0.3) is 5.91 Å². The molecule has 1 saturated heterocycles. The third-order valence-corrected chi connectivity index (χ3v) is 5.75. The summed E-state index contributed by atoms with van der Waals surface area (Å²) in [6, 6.07) is 12.6. The van der Waals surface area contributed by atoms with Crippen LogP contribution in [0.3, 0.4) is 0 Å². The Hall–Kier alpha value is -2.78. The molecule has 1 fully saturated rings. The van der Waals surface area contributed by atoms with Gasteiger partial charge in [0.2, 0.25) is 0 Å². The van der Waals surface area contributed by atoms with Crippen molar-refractivity contribution >= 4 is 16.9 Å². The van der Waals surface area contributed by atoms with Gasteiger partial charge in [-0.1, -0.05) is 25.1 Å². The molecule has 2 aromatic carbocycles. The monoisotopic (exact) mass is 411 g/mol. The van der Waals surface area contributed by atoms with Crippen molar-refractivity contribution in [2.24, 2.45) is 5.92 Å². The predicted octanol–water partition coefficient (Wildman–Crippen LogP) is 1.38. The fourth-order valence-electron chi connectivity index (χ4n) is 3.88. The van der Waals surface area contributed by atoms with Crippen LogP contribution >= 0.6 is 0 Å². The van der Waals surface area contributed by atoms with Crippen LogP contribution in [0.2, 0.25) is 0 Å². The maximum atomic E-state index is 11.9. The van der Waals surface area contributed by atoms with E-state index in [0.29, 0.717) is 17.0 Å². The van der Waals surface area contributed by atoms with E-state index >= 15 is 0 Å². The molecular formula is C22H25N3O5. The summed E-state index contributed by atoms with van der Waals surface area (Å²) in [6.07, 6.45) is -3.44. The van der Waals surface area contributed by atoms with Gasteiger partial charge < -0.3 is 30.4 Å². The standard InChI is InChI=1S/C22H25N3O5/c1-11-17(10-26)30-20(19(28)18(11)27)12-4-3-5-13(8-12)21-24-15-7-6-14(22(29)23-2)9-16(15)25-21/h3-9,11,17-20,26-28H,10H2,1-2H3,(H,23,29)(H,24,25). The number of fused-ring (bicyclic) bond motifs is 1. The summed E-state index contributed by atoms with van der Waals surface area (Å²) in [6.45, 7) is 1.50. The third kappa shape index (κ3) is 3.59. The van der Waals surface area contributed by atoms with E-state index in [-0.39, 0.29) is 18.4 Å². The van der Waals surface area contributed by atoms with E-state index in [1.165, 1.54) is 0 Å². The number of hydrogen-bond acceptors (Lipinski definition) is 6. The maximum absolute atomic E-state index is 11.9. The predicted molar refractivity (Wildman–Crippen MR) is 111 cm³/mol. The molecule has 2 heterocycles. The Balaban J connectivity index is 1.67. The summed E-state index contributed by atoms with van der Waals surface area (Å²) in [4.78, 5) is 19.7. The Bertz CT molecular complexity index is 1060. The van der Waals surface area contributed by atoms with Gasteiger partial charge in [0.15, 0.2) is 0 Å². The first-order valence-corrected chi connectivity index (χ1v) is 9.87. The number of aliphatic hydroxyl groups is 3. The summed E-state index contributed by atoms with van der Waals surface area (Å²) in [5.41, 5.74) is 3.44. The molecule has 1 aliphatic heterocycles. The van der Waals surface area contributed by atoms with Crippen LogP contribution < -0.4 is 5.32 Å². The second-order valence-electron chi connectivity index (χ2n) is 7.64. The molecule has 0 spiro atoms. The lowest BCUT2D eigenvalue weighted by Gasteiger charge is -2.41. The van der Waals surface area contributed by atoms with Gasteiger partial charge in [0.05, 0.1) is 29.8 Å². The number of carbonyl (C=O) groups excluding carboxylic acids is 1. The van der Waals surface area contributed by atoms with E-state index < -0.39 is 24.4 Å². The lowest BCUT2D eigenvalue weighted by molar-refractivity contribution is -0.206. The highest BCUT2D eigenvalue weighted by Gasteiger charge is 2.42. The van der Waals surface area contributed by atoms with E-state index in [4.69, 9.17) is 4.74 Å². The minimum Gasteiger partial charge on any atom is -0.394 e. The van der Waals surface area contributed by atoms with Crippen molar-refractivity contribution in [3.05, 3.63) is 53.6 Å². The maximum Gasteiger partial charge on any atom is 0.251 e. The van der Waals surface area contributed by atoms with Crippen LogP contribution in [0.5, 0.6) is 0 Å². The molecule has 3 aromatic rings. The van der Waals surface area contributed by atoms with Crippen LogP contribution in [0, 0.1) is 5.92 Å². The number of rotatable bonds is 4. The topological polar surface area (TPSA) is 128 Å². The molecule has 1 amide bonds. The zero-order valence-electron chi connectivity index (χ0n) is 16.7. The number of hydrogen-bond donors (Lipinski definition) is 5. The molecule has 0 radical (unpaired) electrons. The van der Waals surface area contributed by atoms with Crippen molar-refractivity contribution in [1.82, 2.24) is 15.3 Å². The summed E-state index contributed by atoms with van der Waals surface area (Å²) < 4.78 is 5.89. The van der Waals surface area contributed by atoms with E-state index in [1.807, 2.05) is 18.2 Å². The average Bonchev–Trinajstić information content (AvgIpc) is 3.21. The molecule has 0 aliphatic carbocycles. The minimum absolute atomic E-state index is 0.176. The van der Waals surface area contributed by atoms with E-state index in [0.717, 1.165) is 16.6 Å². The van der Waals surface area contributed by atoms with Crippen molar-refractivity contribution in [1.29, 1.82) is 0 Å². The number of amides is 1. The van der Waals surface area contributed by atoms with Crippen LogP contribution in [0.1, 0.15) is 28.9 Å². The molecule has 8 heteroatoms. The van der Waals surface area contributed by atoms with Crippen molar-refractivity contribution in [3.8, 4) is 11.4 Å². The van der Waals surface area contributed by atoms with E-state index in [1.54, 1.807) is 38.2 Å². The van der Waals surface area contributed by atoms with Gasteiger partial charge in [-0.3, -0.25) is 4.79 Å². The number of aliphatic hydroxyl groups excluding tert-OH is 3. The van der Waals surface area contributed by atoms with Gasteiger partial charge >= 0.3 is 0 Å². The Morgan fingerprint density at radius 3 is 2.73 bits per heavy atom. The smallest absolute Gasteiger partial charge is 0.251 e. The number of benzene rings is 2. The van der Waals surface area contributed by atoms with Crippen molar-refractivity contribution in [3.63, 3.8) is 0 Å². The number of aromatic nitrogens is 2. The molecule has 1 aromatic heterocycles. The Morgan fingerprint density at radius 1 is 1.20 bits per heavy atom. The third-order valence-electron chi connectivity index (χ3n) is 5.75. The number of H-pyrrole nitrogens is 1.